The topological polar surface area (TPSA) is 54.3 Å². The predicted molar refractivity (Wildman–Crippen MR) is 73.9 cm³/mol. The second kappa shape index (κ2) is 6.29. The Morgan fingerprint density at radius 1 is 1.32 bits per heavy atom. The van der Waals surface area contributed by atoms with Gasteiger partial charge in [-0.3, -0.25) is 0 Å². The van der Waals surface area contributed by atoms with Crippen molar-refractivity contribution in [2.45, 2.75) is 19.5 Å². The van der Waals surface area contributed by atoms with Crippen molar-refractivity contribution in [1.29, 1.82) is 0 Å². The second-order valence-corrected chi connectivity index (χ2v) is 4.62. The molecule has 0 saturated carbocycles. The van der Waals surface area contributed by atoms with Crippen molar-refractivity contribution >= 4 is 17.6 Å². The third-order valence-electron chi connectivity index (χ3n) is 2.72. The summed E-state index contributed by atoms with van der Waals surface area (Å²) in [4.78, 5) is 11.7. The van der Waals surface area contributed by atoms with Gasteiger partial charge in [0.1, 0.15) is 5.76 Å². The van der Waals surface area contributed by atoms with Gasteiger partial charge < -0.3 is 15.1 Å². The van der Waals surface area contributed by atoms with E-state index in [0.717, 1.165) is 5.56 Å². The summed E-state index contributed by atoms with van der Waals surface area (Å²) in [5, 5.41) is 6.25. The van der Waals surface area contributed by atoms with Crippen LogP contribution < -0.4 is 10.6 Å². The number of urea groups is 1. The van der Waals surface area contributed by atoms with Crippen LogP contribution in [0.2, 0.25) is 5.02 Å². The molecular formula is C14H15ClN2O2. The molecule has 2 amide bonds. The van der Waals surface area contributed by atoms with Crippen LogP contribution >= 0.6 is 11.6 Å². The fraction of sp³-hybridized carbons (Fsp3) is 0.214. The number of hydrogen-bond donors (Lipinski definition) is 2. The smallest absolute Gasteiger partial charge is 0.315 e. The molecule has 0 aliphatic heterocycles. The van der Waals surface area contributed by atoms with Crippen molar-refractivity contribution in [3.63, 3.8) is 0 Å². The van der Waals surface area contributed by atoms with Gasteiger partial charge in [0.15, 0.2) is 0 Å². The molecule has 0 unspecified atom stereocenters. The van der Waals surface area contributed by atoms with Crippen LogP contribution in [0, 0.1) is 0 Å². The highest BCUT2D eigenvalue weighted by molar-refractivity contribution is 6.30. The Kier molecular flexibility index (Phi) is 4.47. The maximum Gasteiger partial charge on any atom is 0.315 e. The van der Waals surface area contributed by atoms with E-state index in [4.69, 9.17) is 16.0 Å². The van der Waals surface area contributed by atoms with Crippen molar-refractivity contribution in [3.05, 3.63) is 59.0 Å². The Hall–Kier alpha value is -1.94. The van der Waals surface area contributed by atoms with E-state index in [1.165, 1.54) is 0 Å². The molecule has 0 bridgehead atoms. The monoisotopic (exact) mass is 278 g/mol. The molecule has 5 heteroatoms. The standard InChI is InChI=1S/C14H15ClN2O2/c1-10(11-4-6-12(15)7-5-11)17-14(18)16-9-13-3-2-8-19-13/h2-8,10H,9H2,1H3,(H2,16,17,18)/t10-/m1/s1. The van der Waals surface area contributed by atoms with Gasteiger partial charge in [-0.05, 0) is 36.8 Å². The number of nitrogens with one attached hydrogen (secondary N) is 2. The molecule has 4 nitrogen and oxygen atoms in total. The fourth-order valence-electron chi connectivity index (χ4n) is 1.66. The average molecular weight is 279 g/mol. The Labute approximate surface area is 116 Å². The molecule has 1 heterocycles. The number of carbonyl (C=O) groups excluding carboxylic acids is 1. The number of amides is 2. The highest BCUT2D eigenvalue weighted by Gasteiger charge is 2.09. The molecule has 2 aromatic rings. The van der Waals surface area contributed by atoms with E-state index >= 15 is 0 Å². The number of rotatable bonds is 4. The molecule has 0 fully saturated rings. The first kappa shape index (κ1) is 13.5. The van der Waals surface area contributed by atoms with E-state index in [1.54, 1.807) is 24.5 Å². The maximum absolute atomic E-state index is 11.7. The Bertz CT molecular complexity index is 523. The Morgan fingerprint density at radius 3 is 2.68 bits per heavy atom. The number of carbonyl (C=O) groups is 1. The van der Waals surface area contributed by atoms with Crippen LogP contribution in [-0.2, 0) is 6.54 Å². The van der Waals surface area contributed by atoms with Crippen molar-refractivity contribution < 1.29 is 9.21 Å². The van der Waals surface area contributed by atoms with Crippen molar-refractivity contribution in [2.75, 3.05) is 0 Å². The average Bonchev–Trinajstić information content (AvgIpc) is 2.90. The van der Waals surface area contributed by atoms with E-state index in [0.29, 0.717) is 17.3 Å². The van der Waals surface area contributed by atoms with Crippen LogP contribution in [0.1, 0.15) is 24.3 Å². The molecule has 0 spiro atoms. The van der Waals surface area contributed by atoms with Gasteiger partial charge in [0.2, 0.25) is 0 Å². The van der Waals surface area contributed by atoms with E-state index in [2.05, 4.69) is 10.6 Å². The van der Waals surface area contributed by atoms with Crippen LogP contribution in [-0.4, -0.2) is 6.03 Å². The molecule has 0 aliphatic carbocycles. The molecule has 0 aliphatic rings. The summed E-state index contributed by atoms with van der Waals surface area (Å²) >= 11 is 5.82. The van der Waals surface area contributed by atoms with E-state index in [-0.39, 0.29) is 12.1 Å². The van der Waals surface area contributed by atoms with Crippen LogP contribution in [0.3, 0.4) is 0 Å². The summed E-state index contributed by atoms with van der Waals surface area (Å²) in [5.74, 6) is 0.717. The number of hydrogen-bond acceptors (Lipinski definition) is 2. The van der Waals surface area contributed by atoms with E-state index in [1.807, 2.05) is 25.1 Å². The lowest BCUT2D eigenvalue weighted by Crippen LogP contribution is -2.36. The van der Waals surface area contributed by atoms with Gasteiger partial charge in [0, 0.05) is 5.02 Å². The lowest BCUT2D eigenvalue weighted by Gasteiger charge is -2.14. The molecule has 2 rings (SSSR count). The maximum atomic E-state index is 11.7. The van der Waals surface area contributed by atoms with Gasteiger partial charge in [-0.2, -0.15) is 0 Å². The van der Waals surface area contributed by atoms with Crippen molar-refractivity contribution in [2.24, 2.45) is 0 Å². The van der Waals surface area contributed by atoms with E-state index < -0.39 is 0 Å². The molecular weight excluding hydrogens is 264 g/mol. The number of benzene rings is 1. The van der Waals surface area contributed by atoms with Gasteiger partial charge in [0.25, 0.3) is 0 Å². The fourth-order valence-corrected chi connectivity index (χ4v) is 1.79. The SMILES string of the molecule is C[C@@H](NC(=O)NCc1ccco1)c1ccc(Cl)cc1. The molecule has 19 heavy (non-hydrogen) atoms. The van der Waals surface area contributed by atoms with Crippen LogP contribution in [0.25, 0.3) is 0 Å². The largest absolute Gasteiger partial charge is 0.467 e. The third kappa shape index (κ3) is 4.03. The highest BCUT2D eigenvalue weighted by atomic mass is 35.5. The zero-order valence-electron chi connectivity index (χ0n) is 10.5. The van der Waals surface area contributed by atoms with E-state index in [9.17, 15) is 4.79 Å². The number of halogens is 1. The minimum Gasteiger partial charge on any atom is -0.467 e. The summed E-state index contributed by atoms with van der Waals surface area (Å²) in [6, 6.07) is 10.6. The summed E-state index contributed by atoms with van der Waals surface area (Å²) < 4.78 is 5.13. The van der Waals surface area contributed by atoms with Crippen LogP contribution in [0.5, 0.6) is 0 Å². The summed E-state index contributed by atoms with van der Waals surface area (Å²) in [5.41, 5.74) is 0.998. The van der Waals surface area contributed by atoms with Gasteiger partial charge in [0.05, 0.1) is 18.8 Å². The van der Waals surface area contributed by atoms with Gasteiger partial charge in [-0.15, -0.1) is 0 Å². The molecule has 2 N–H and O–H groups in total. The quantitative estimate of drug-likeness (QED) is 0.899. The lowest BCUT2D eigenvalue weighted by molar-refractivity contribution is 0.236. The molecule has 100 valence electrons. The summed E-state index contributed by atoms with van der Waals surface area (Å²) in [6.45, 7) is 2.28. The molecule has 0 saturated heterocycles. The highest BCUT2D eigenvalue weighted by Crippen LogP contribution is 2.15. The third-order valence-corrected chi connectivity index (χ3v) is 2.97. The van der Waals surface area contributed by atoms with Crippen molar-refractivity contribution in [1.82, 2.24) is 10.6 Å². The Morgan fingerprint density at radius 2 is 2.05 bits per heavy atom. The summed E-state index contributed by atoms with van der Waals surface area (Å²) in [7, 11) is 0. The molecule has 1 aromatic carbocycles. The lowest BCUT2D eigenvalue weighted by atomic mass is 10.1. The molecule has 1 aromatic heterocycles. The normalized spacial score (nSPS) is 11.9. The van der Waals surface area contributed by atoms with Gasteiger partial charge in [-0.1, -0.05) is 23.7 Å². The Balaban J connectivity index is 1.83. The molecule has 0 radical (unpaired) electrons. The van der Waals surface area contributed by atoms with Crippen LogP contribution in [0.15, 0.2) is 47.1 Å². The molecule has 1 atom stereocenters. The second-order valence-electron chi connectivity index (χ2n) is 4.18. The number of furan rings is 1. The zero-order valence-corrected chi connectivity index (χ0v) is 11.3. The van der Waals surface area contributed by atoms with Gasteiger partial charge >= 0.3 is 6.03 Å². The minimum atomic E-state index is -0.237. The first-order valence-corrected chi connectivity index (χ1v) is 6.35. The first-order valence-electron chi connectivity index (χ1n) is 5.97. The predicted octanol–water partition coefficient (Wildman–Crippen LogP) is 3.49. The van der Waals surface area contributed by atoms with Crippen molar-refractivity contribution in [3.8, 4) is 0 Å². The summed E-state index contributed by atoms with van der Waals surface area (Å²) in [6.07, 6.45) is 1.57. The minimum absolute atomic E-state index is 0.0890. The van der Waals surface area contributed by atoms with Crippen LogP contribution in [0.4, 0.5) is 4.79 Å². The van der Waals surface area contributed by atoms with Gasteiger partial charge in [-0.25, -0.2) is 4.79 Å². The zero-order chi connectivity index (χ0) is 13.7. The first-order chi connectivity index (χ1) is 9.15.